The first-order valence-corrected chi connectivity index (χ1v) is 18.4. The van der Waals surface area contributed by atoms with Crippen molar-refractivity contribution in [1.82, 2.24) is 20.4 Å². The van der Waals surface area contributed by atoms with E-state index < -0.39 is 47.8 Å². The molecule has 1 heterocycles. The van der Waals surface area contributed by atoms with Crippen molar-refractivity contribution in [2.45, 2.75) is 103 Å². The Morgan fingerprint density at radius 1 is 0.962 bits per heavy atom. The molecule has 0 aromatic heterocycles. The first kappa shape index (κ1) is 39.1. The van der Waals surface area contributed by atoms with Gasteiger partial charge in [-0.2, -0.15) is 0 Å². The molecule has 6 amide bonds. The lowest BCUT2D eigenvalue weighted by Crippen LogP contribution is -2.50. The molecule has 2 aliphatic carbocycles. The van der Waals surface area contributed by atoms with Gasteiger partial charge < -0.3 is 25.6 Å². The maximum Gasteiger partial charge on any atom is 0.418 e. The molecule has 53 heavy (non-hydrogen) atoms. The summed E-state index contributed by atoms with van der Waals surface area (Å²) in [6.45, 7) is 2.95. The minimum atomic E-state index is -1.58. The third kappa shape index (κ3) is 9.85. The number of hydrogen-bond acceptors (Lipinski definition) is 8. The highest BCUT2D eigenvalue weighted by atomic mass is 19.1. The Morgan fingerprint density at radius 3 is 2.36 bits per heavy atom. The molecular formula is C39H48FN5O8. The molecule has 284 valence electrons. The van der Waals surface area contributed by atoms with Crippen LogP contribution in [0.5, 0.6) is 0 Å². The number of hydrogen-bond donors (Lipinski definition) is 3. The molecule has 1 saturated carbocycles. The number of halogens is 1. The van der Waals surface area contributed by atoms with Crippen LogP contribution in [-0.2, 0) is 52.1 Å². The lowest BCUT2D eigenvalue weighted by Gasteiger charge is -2.31. The molecule has 3 N–H and O–H groups in total. The Labute approximate surface area is 308 Å². The zero-order valence-corrected chi connectivity index (χ0v) is 30.3. The first-order valence-electron chi connectivity index (χ1n) is 18.4. The van der Waals surface area contributed by atoms with Gasteiger partial charge in [0.1, 0.15) is 18.1 Å². The molecule has 0 bridgehead atoms. The second kappa shape index (κ2) is 17.6. The van der Waals surface area contributed by atoms with E-state index in [2.05, 4.69) is 16.0 Å². The number of imide groups is 1. The maximum absolute atomic E-state index is 13.8. The lowest BCUT2D eigenvalue weighted by molar-refractivity contribution is -0.143. The van der Waals surface area contributed by atoms with E-state index in [1.165, 1.54) is 36.1 Å². The Hall–Kier alpha value is -5.14. The molecule has 13 nitrogen and oxygen atoms in total. The van der Waals surface area contributed by atoms with Crippen molar-refractivity contribution in [1.29, 1.82) is 0 Å². The summed E-state index contributed by atoms with van der Waals surface area (Å²) < 4.78 is 19.3. The molecule has 0 unspecified atom stereocenters. The van der Waals surface area contributed by atoms with Crippen molar-refractivity contribution >= 4 is 47.1 Å². The highest BCUT2D eigenvalue weighted by molar-refractivity contribution is 6.06. The second-order valence-corrected chi connectivity index (χ2v) is 14.2. The van der Waals surface area contributed by atoms with Gasteiger partial charge >= 0.3 is 6.09 Å². The van der Waals surface area contributed by atoms with E-state index in [9.17, 15) is 38.0 Å². The van der Waals surface area contributed by atoms with Crippen LogP contribution >= 0.6 is 0 Å². The van der Waals surface area contributed by atoms with Crippen LogP contribution in [0.2, 0.25) is 0 Å². The SMILES string of the molecule is CC(=O)Nc1ccc2c(c1)CC[C@@]21OC(=O)N(CC(=O)N(Cc2ccc(F)cc2)[C@@H](C)CNC(=O)CCC(=O)NCCCCCC(=O)C2CCC2)C1=O. The average Bonchev–Trinajstić information content (AvgIpc) is 3.57. The molecule has 2 aromatic carbocycles. The number of nitrogens with one attached hydrogen (secondary N) is 3. The summed E-state index contributed by atoms with van der Waals surface area (Å²) in [5, 5.41) is 8.26. The van der Waals surface area contributed by atoms with E-state index in [1.54, 1.807) is 25.1 Å². The largest absolute Gasteiger partial charge is 0.427 e. The smallest absolute Gasteiger partial charge is 0.418 e. The van der Waals surface area contributed by atoms with Gasteiger partial charge in [0.25, 0.3) is 5.91 Å². The molecular weight excluding hydrogens is 685 g/mol. The van der Waals surface area contributed by atoms with Crippen LogP contribution in [0.3, 0.4) is 0 Å². The highest BCUT2D eigenvalue weighted by Crippen LogP contribution is 2.46. The van der Waals surface area contributed by atoms with Gasteiger partial charge in [-0.25, -0.2) is 14.1 Å². The molecule has 1 saturated heterocycles. The molecule has 2 fully saturated rings. The van der Waals surface area contributed by atoms with Crippen LogP contribution in [0.4, 0.5) is 14.9 Å². The van der Waals surface area contributed by atoms with Crippen molar-refractivity contribution < 1.29 is 42.7 Å². The number of fused-ring (bicyclic) bond motifs is 2. The van der Waals surface area contributed by atoms with Gasteiger partial charge in [0.05, 0.1) is 0 Å². The van der Waals surface area contributed by atoms with Crippen LogP contribution < -0.4 is 16.0 Å². The summed E-state index contributed by atoms with van der Waals surface area (Å²) in [5.41, 5.74) is 0.804. The molecule has 2 atom stereocenters. The number of ketones is 1. The van der Waals surface area contributed by atoms with Crippen molar-refractivity contribution in [3.63, 3.8) is 0 Å². The van der Waals surface area contributed by atoms with Crippen LogP contribution in [0.25, 0.3) is 0 Å². The van der Waals surface area contributed by atoms with Gasteiger partial charge in [-0.1, -0.05) is 31.0 Å². The van der Waals surface area contributed by atoms with Gasteiger partial charge in [0.15, 0.2) is 0 Å². The predicted molar refractivity (Wildman–Crippen MR) is 191 cm³/mol. The zero-order valence-electron chi connectivity index (χ0n) is 30.3. The molecule has 5 rings (SSSR count). The zero-order chi connectivity index (χ0) is 38.1. The minimum Gasteiger partial charge on any atom is -0.427 e. The molecule has 1 aliphatic heterocycles. The third-order valence-electron chi connectivity index (χ3n) is 10.2. The number of Topliss-reactive ketones (excluding diaryl/α,β-unsaturated/α-hetero) is 1. The monoisotopic (exact) mass is 733 g/mol. The predicted octanol–water partition coefficient (Wildman–Crippen LogP) is 4.26. The van der Waals surface area contributed by atoms with Gasteiger partial charge in [-0.05, 0) is 74.4 Å². The fraction of sp³-hybridized carbons (Fsp3) is 0.513. The Kier molecular flexibility index (Phi) is 13.0. The Balaban J connectivity index is 1.12. The number of rotatable bonds is 18. The van der Waals surface area contributed by atoms with Crippen molar-refractivity contribution in [3.05, 3.63) is 65.0 Å². The number of carbonyl (C=O) groups is 7. The average molecular weight is 734 g/mol. The van der Waals surface area contributed by atoms with Gasteiger partial charge in [0, 0.05) is 75.5 Å². The molecule has 2 aromatic rings. The van der Waals surface area contributed by atoms with E-state index >= 15 is 0 Å². The van der Waals surface area contributed by atoms with Crippen LogP contribution in [0.15, 0.2) is 42.5 Å². The number of anilines is 1. The quantitative estimate of drug-likeness (QED) is 0.191. The standard InChI is InChI=1S/C39H48FN5O8/c1-25(22-42-35(49)17-16-34(48)41-20-5-3-4-9-33(47)28-7-6-8-28)44(23-27-10-12-30(40)13-11-27)36(50)24-45-37(51)39(53-38(45)52)19-18-29-21-31(43-26(2)46)14-15-32(29)39/h10-15,21,25,28H,3-9,16-20,22-24H2,1-2H3,(H,41,48)(H,42,49)(H,43,46)/t25-,39+/m0/s1. The molecule has 1 spiro atoms. The van der Waals surface area contributed by atoms with Crippen LogP contribution in [-0.4, -0.2) is 76.9 Å². The van der Waals surface area contributed by atoms with Gasteiger partial charge in [-0.15, -0.1) is 0 Å². The summed E-state index contributed by atoms with van der Waals surface area (Å²) in [6.07, 6.45) is 5.71. The fourth-order valence-corrected chi connectivity index (χ4v) is 6.98. The van der Waals surface area contributed by atoms with E-state index in [-0.39, 0.29) is 50.1 Å². The van der Waals surface area contributed by atoms with E-state index in [0.717, 1.165) is 49.0 Å². The molecule has 0 radical (unpaired) electrons. The molecule has 3 aliphatic rings. The number of unbranched alkanes of at least 4 members (excludes halogenated alkanes) is 2. The minimum absolute atomic E-state index is 0.00424. The molecule has 14 heteroatoms. The highest BCUT2D eigenvalue weighted by Gasteiger charge is 2.58. The number of benzene rings is 2. The Morgan fingerprint density at radius 2 is 1.68 bits per heavy atom. The number of ether oxygens (including phenoxy) is 1. The van der Waals surface area contributed by atoms with E-state index in [4.69, 9.17) is 4.74 Å². The topological polar surface area (TPSA) is 171 Å². The number of nitrogens with zero attached hydrogens (tertiary/aromatic N) is 2. The van der Waals surface area contributed by atoms with Crippen molar-refractivity contribution in [2.75, 3.05) is 25.0 Å². The summed E-state index contributed by atoms with van der Waals surface area (Å²) in [6, 6.07) is 9.92. The van der Waals surface area contributed by atoms with Crippen LogP contribution in [0.1, 0.15) is 94.7 Å². The van der Waals surface area contributed by atoms with Crippen molar-refractivity contribution in [2.24, 2.45) is 5.92 Å². The number of carbonyl (C=O) groups excluding carboxylic acids is 7. The lowest BCUT2D eigenvalue weighted by atomic mass is 9.81. The normalized spacial score (nSPS) is 18.2. The summed E-state index contributed by atoms with van der Waals surface area (Å²) >= 11 is 0. The fourth-order valence-electron chi connectivity index (χ4n) is 6.98. The number of aryl methyl sites for hydroxylation is 1. The van der Waals surface area contributed by atoms with E-state index in [0.29, 0.717) is 42.0 Å². The van der Waals surface area contributed by atoms with Gasteiger partial charge in [0.2, 0.25) is 29.2 Å². The summed E-state index contributed by atoms with van der Waals surface area (Å²) in [7, 11) is 0. The first-order chi connectivity index (χ1) is 25.4. The second-order valence-electron chi connectivity index (χ2n) is 14.2. The van der Waals surface area contributed by atoms with E-state index in [1.807, 2.05) is 0 Å². The van der Waals surface area contributed by atoms with Crippen molar-refractivity contribution in [3.8, 4) is 0 Å². The Bertz CT molecular complexity index is 1730. The maximum atomic E-state index is 13.8. The van der Waals surface area contributed by atoms with Crippen LogP contribution in [0, 0.1) is 11.7 Å². The number of amides is 6. The summed E-state index contributed by atoms with van der Waals surface area (Å²) in [4.78, 5) is 91.4. The van der Waals surface area contributed by atoms with Gasteiger partial charge in [-0.3, -0.25) is 28.8 Å². The summed E-state index contributed by atoms with van der Waals surface area (Å²) in [5.74, 6) is -2.02. The third-order valence-corrected chi connectivity index (χ3v) is 10.2.